The summed E-state index contributed by atoms with van der Waals surface area (Å²) in [5, 5.41) is 4.26. The van der Waals surface area contributed by atoms with Crippen molar-refractivity contribution < 1.29 is 9.32 Å². The molecule has 2 aromatic rings. The lowest BCUT2D eigenvalue weighted by molar-refractivity contribution is -0.131. The van der Waals surface area contributed by atoms with Crippen LogP contribution >= 0.6 is 0 Å². The summed E-state index contributed by atoms with van der Waals surface area (Å²) in [6.45, 7) is 3.90. The van der Waals surface area contributed by atoms with Gasteiger partial charge in [-0.05, 0) is 43.4 Å². The van der Waals surface area contributed by atoms with Crippen molar-refractivity contribution in [3.8, 4) is 11.4 Å². The Kier molecular flexibility index (Phi) is 4.48. The lowest BCUT2D eigenvalue weighted by Crippen LogP contribution is -2.35. The molecule has 2 heterocycles. The quantitative estimate of drug-likeness (QED) is 0.788. The molecule has 3 fully saturated rings. The molecule has 1 aliphatic heterocycles. The number of hydrogen-bond acceptors (Lipinski definition) is 4. The van der Waals surface area contributed by atoms with Gasteiger partial charge in [-0.1, -0.05) is 55.3 Å². The van der Waals surface area contributed by atoms with Crippen LogP contribution < -0.4 is 0 Å². The number of hydrogen-bond donors (Lipinski definition) is 0. The minimum atomic E-state index is -0.140. The number of fused-ring (bicyclic) bond motifs is 1. The normalized spacial score (nSPS) is 32.0. The van der Waals surface area contributed by atoms with Crippen LogP contribution in [0.1, 0.15) is 57.8 Å². The molecule has 0 bridgehead atoms. The van der Waals surface area contributed by atoms with Crippen molar-refractivity contribution in [1.82, 2.24) is 15.0 Å². The van der Waals surface area contributed by atoms with Gasteiger partial charge in [0.1, 0.15) is 0 Å². The second-order valence-electron chi connectivity index (χ2n) is 9.30. The summed E-state index contributed by atoms with van der Waals surface area (Å²) in [5.41, 5.74) is 0.836. The summed E-state index contributed by atoms with van der Waals surface area (Å²) in [4.78, 5) is 19.9. The van der Waals surface area contributed by atoms with E-state index in [9.17, 15) is 4.79 Å². The number of carbonyl (C=O) groups is 1. The molecule has 5 rings (SSSR count). The molecular weight excluding hydrogens is 350 g/mol. The number of carbonyl (C=O) groups excluding carboxylic acids is 1. The molecule has 1 saturated heterocycles. The molecule has 5 nitrogen and oxygen atoms in total. The van der Waals surface area contributed by atoms with Crippen molar-refractivity contribution in [3.05, 3.63) is 36.2 Å². The maximum Gasteiger partial charge on any atom is 0.235 e. The Labute approximate surface area is 166 Å². The minimum Gasteiger partial charge on any atom is -0.341 e. The highest BCUT2D eigenvalue weighted by Crippen LogP contribution is 2.50. The number of amides is 1. The molecule has 2 saturated carbocycles. The first kappa shape index (κ1) is 17.9. The lowest BCUT2D eigenvalue weighted by atomic mass is 9.80. The van der Waals surface area contributed by atoms with E-state index in [1.807, 2.05) is 30.3 Å². The molecule has 1 amide bonds. The van der Waals surface area contributed by atoms with Gasteiger partial charge in [0.05, 0.1) is 5.41 Å². The second kappa shape index (κ2) is 7.02. The van der Waals surface area contributed by atoms with Crippen LogP contribution in [-0.2, 0) is 10.2 Å². The maximum atomic E-state index is 13.0. The molecule has 28 heavy (non-hydrogen) atoms. The third-order valence-corrected chi connectivity index (χ3v) is 7.37. The van der Waals surface area contributed by atoms with Crippen LogP contribution in [-0.4, -0.2) is 34.0 Å². The number of rotatable bonds is 4. The molecule has 1 aromatic heterocycles. The SMILES string of the molecule is CC1CCC(CC(=O)N2C[C@@H]3CCC[C@]3(c3nc(-c4ccccc4)no3)C2)C1. The molecule has 4 atom stereocenters. The topological polar surface area (TPSA) is 59.2 Å². The van der Waals surface area contributed by atoms with Gasteiger partial charge in [0, 0.05) is 25.1 Å². The highest BCUT2D eigenvalue weighted by molar-refractivity contribution is 5.77. The molecule has 3 aliphatic rings. The van der Waals surface area contributed by atoms with Crippen LogP contribution in [0.2, 0.25) is 0 Å². The predicted molar refractivity (Wildman–Crippen MR) is 106 cm³/mol. The van der Waals surface area contributed by atoms with Gasteiger partial charge in [-0.15, -0.1) is 0 Å². The Bertz CT molecular complexity index is 849. The lowest BCUT2D eigenvalue weighted by Gasteiger charge is -2.24. The van der Waals surface area contributed by atoms with Crippen molar-refractivity contribution in [1.29, 1.82) is 0 Å². The van der Waals surface area contributed by atoms with Crippen LogP contribution in [0.25, 0.3) is 11.4 Å². The molecule has 1 aromatic carbocycles. The first-order valence-corrected chi connectivity index (χ1v) is 10.8. The van der Waals surface area contributed by atoms with E-state index >= 15 is 0 Å². The Morgan fingerprint density at radius 1 is 1.25 bits per heavy atom. The molecule has 2 aliphatic carbocycles. The van der Waals surface area contributed by atoms with Gasteiger partial charge in [0.25, 0.3) is 0 Å². The fourth-order valence-corrected chi connectivity index (χ4v) is 5.85. The summed E-state index contributed by atoms with van der Waals surface area (Å²) in [6, 6.07) is 9.97. The van der Waals surface area contributed by atoms with E-state index in [-0.39, 0.29) is 5.41 Å². The van der Waals surface area contributed by atoms with E-state index in [2.05, 4.69) is 17.0 Å². The minimum absolute atomic E-state index is 0.140. The van der Waals surface area contributed by atoms with Crippen molar-refractivity contribution in [2.45, 2.75) is 57.3 Å². The van der Waals surface area contributed by atoms with Gasteiger partial charge in [-0.3, -0.25) is 4.79 Å². The number of aromatic nitrogens is 2. The van der Waals surface area contributed by atoms with Gasteiger partial charge in [-0.25, -0.2) is 0 Å². The molecule has 0 N–H and O–H groups in total. The Hall–Kier alpha value is -2.17. The monoisotopic (exact) mass is 379 g/mol. The molecule has 0 radical (unpaired) electrons. The Morgan fingerprint density at radius 3 is 2.89 bits per heavy atom. The van der Waals surface area contributed by atoms with Gasteiger partial charge in [0.15, 0.2) is 0 Å². The summed E-state index contributed by atoms with van der Waals surface area (Å²) < 4.78 is 5.78. The molecule has 5 heteroatoms. The van der Waals surface area contributed by atoms with E-state index in [0.717, 1.165) is 43.3 Å². The average molecular weight is 380 g/mol. The average Bonchev–Trinajstić information content (AvgIpc) is 3.45. The van der Waals surface area contributed by atoms with Crippen LogP contribution in [0.5, 0.6) is 0 Å². The van der Waals surface area contributed by atoms with Crippen molar-refractivity contribution in [2.24, 2.45) is 17.8 Å². The van der Waals surface area contributed by atoms with E-state index in [4.69, 9.17) is 9.51 Å². The van der Waals surface area contributed by atoms with Crippen molar-refractivity contribution in [3.63, 3.8) is 0 Å². The Morgan fingerprint density at radius 2 is 2.11 bits per heavy atom. The third kappa shape index (κ3) is 3.05. The predicted octanol–water partition coefficient (Wildman–Crippen LogP) is 4.44. The highest BCUT2D eigenvalue weighted by atomic mass is 16.5. The van der Waals surface area contributed by atoms with E-state index in [1.165, 1.54) is 25.7 Å². The summed E-state index contributed by atoms with van der Waals surface area (Å²) in [7, 11) is 0. The first-order valence-electron chi connectivity index (χ1n) is 10.8. The molecule has 2 unspecified atom stereocenters. The van der Waals surface area contributed by atoms with Crippen LogP contribution in [0, 0.1) is 17.8 Å². The largest absolute Gasteiger partial charge is 0.341 e. The fraction of sp³-hybridized carbons (Fsp3) is 0.609. The fourth-order valence-electron chi connectivity index (χ4n) is 5.85. The van der Waals surface area contributed by atoms with Crippen LogP contribution in [0.15, 0.2) is 34.9 Å². The van der Waals surface area contributed by atoms with E-state index in [1.54, 1.807) is 0 Å². The Balaban J connectivity index is 1.34. The zero-order chi connectivity index (χ0) is 19.1. The third-order valence-electron chi connectivity index (χ3n) is 7.37. The van der Waals surface area contributed by atoms with Gasteiger partial charge < -0.3 is 9.42 Å². The summed E-state index contributed by atoms with van der Waals surface area (Å²) >= 11 is 0. The van der Waals surface area contributed by atoms with Crippen molar-refractivity contribution in [2.75, 3.05) is 13.1 Å². The zero-order valence-corrected chi connectivity index (χ0v) is 16.6. The second-order valence-corrected chi connectivity index (χ2v) is 9.30. The molecular formula is C23H29N3O2. The standard InChI is InChI=1S/C23H29N3O2/c1-16-9-10-17(12-16)13-20(27)26-14-19-8-5-11-23(19,15-26)22-24-21(25-28-22)18-6-3-2-4-7-18/h2-4,6-7,16-17,19H,5,8-15H2,1H3/t16?,17?,19-,23-/m0/s1. The van der Waals surface area contributed by atoms with Gasteiger partial charge in [0.2, 0.25) is 17.6 Å². The maximum absolute atomic E-state index is 13.0. The van der Waals surface area contributed by atoms with Gasteiger partial charge >= 0.3 is 0 Å². The van der Waals surface area contributed by atoms with E-state index < -0.39 is 0 Å². The first-order chi connectivity index (χ1) is 13.6. The summed E-state index contributed by atoms with van der Waals surface area (Å²) in [5.74, 6) is 3.52. The van der Waals surface area contributed by atoms with Crippen LogP contribution in [0.3, 0.4) is 0 Å². The number of benzene rings is 1. The van der Waals surface area contributed by atoms with Crippen LogP contribution in [0.4, 0.5) is 0 Å². The molecule has 148 valence electrons. The highest BCUT2D eigenvalue weighted by Gasteiger charge is 2.55. The van der Waals surface area contributed by atoms with E-state index in [0.29, 0.717) is 30.0 Å². The summed E-state index contributed by atoms with van der Waals surface area (Å²) in [6.07, 6.45) is 7.76. The van der Waals surface area contributed by atoms with Crippen molar-refractivity contribution >= 4 is 5.91 Å². The number of nitrogens with zero attached hydrogens (tertiary/aromatic N) is 3. The molecule has 0 spiro atoms. The number of likely N-dealkylation sites (tertiary alicyclic amines) is 1. The zero-order valence-electron chi connectivity index (χ0n) is 16.6. The van der Waals surface area contributed by atoms with Gasteiger partial charge in [-0.2, -0.15) is 4.98 Å². The smallest absolute Gasteiger partial charge is 0.235 e.